The van der Waals surface area contributed by atoms with Gasteiger partial charge in [0, 0.05) is 16.4 Å². The molecule has 0 amide bonds. The fraction of sp³-hybridized carbons (Fsp3) is 0. The van der Waals surface area contributed by atoms with E-state index in [1.165, 1.54) is 0 Å². The highest BCUT2D eigenvalue weighted by molar-refractivity contribution is 7.78. The second-order valence-corrected chi connectivity index (χ2v) is 4.00. The molecular formula is C13H9ClN2S. The van der Waals surface area contributed by atoms with Crippen molar-refractivity contribution in [3.63, 3.8) is 0 Å². The molecule has 1 N–H and O–H groups in total. The Morgan fingerprint density at radius 3 is 2.00 bits per heavy atom. The van der Waals surface area contributed by atoms with Crippen LogP contribution in [-0.2, 0) is 0 Å². The minimum atomic E-state index is 0.723. The summed E-state index contributed by atoms with van der Waals surface area (Å²) in [5, 5.41) is 6.31. The van der Waals surface area contributed by atoms with Crippen molar-refractivity contribution < 1.29 is 0 Å². The molecule has 0 aliphatic heterocycles. The number of anilines is 2. The molecule has 0 aliphatic carbocycles. The Labute approximate surface area is 110 Å². The summed E-state index contributed by atoms with van der Waals surface area (Å²) in [6.07, 6.45) is 0. The molecule has 84 valence electrons. The highest BCUT2D eigenvalue weighted by atomic mass is 35.5. The lowest BCUT2D eigenvalue weighted by Crippen LogP contribution is -1.88. The maximum Gasteiger partial charge on any atom is 0.0741 e. The minimum Gasteiger partial charge on any atom is -0.356 e. The first kappa shape index (κ1) is 11.8. The van der Waals surface area contributed by atoms with Gasteiger partial charge in [0.1, 0.15) is 0 Å². The van der Waals surface area contributed by atoms with Gasteiger partial charge in [-0.3, -0.25) is 0 Å². The van der Waals surface area contributed by atoms with Gasteiger partial charge in [0.15, 0.2) is 0 Å². The average Bonchev–Trinajstić information content (AvgIpc) is 2.35. The van der Waals surface area contributed by atoms with Crippen LogP contribution in [0.1, 0.15) is 0 Å². The van der Waals surface area contributed by atoms with Gasteiger partial charge in [0.25, 0.3) is 0 Å². The Morgan fingerprint density at radius 1 is 0.941 bits per heavy atom. The largest absolute Gasteiger partial charge is 0.356 e. The summed E-state index contributed by atoms with van der Waals surface area (Å²) in [6.45, 7) is 0. The van der Waals surface area contributed by atoms with Crippen molar-refractivity contribution in [2.24, 2.45) is 4.99 Å². The Balaban J connectivity index is 2.13. The van der Waals surface area contributed by atoms with Crippen molar-refractivity contribution >= 4 is 46.0 Å². The average molecular weight is 261 g/mol. The van der Waals surface area contributed by atoms with Crippen molar-refractivity contribution in [3.8, 4) is 0 Å². The fourth-order valence-corrected chi connectivity index (χ4v) is 1.60. The number of benzene rings is 2. The fourth-order valence-electron chi connectivity index (χ4n) is 1.37. The molecular weight excluding hydrogens is 252 g/mol. The van der Waals surface area contributed by atoms with E-state index in [1.54, 1.807) is 0 Å². The molecule has 0 saturated heterocycles. The van der Waals surface area contributed by atoms with Gasteiger partial charge in [-0.2, -0.15) is 4.99 Å². The zero-order valence-corrected chi connectivity index (χ0v) is 10.4. The Hall–Kier alpha value is -1.67. The lowest BCUT2D eigenvalue weighted by Gasteiger charge is -2.06. The van der Waals surface area contributed by atoms with Crippen LogP contribution < -0.4 is 5.32 Å². The van der Waals surface area contributed by atoms with Gasteiger partial charge in [-0.1, -0.05) is 11.6 Å². The molecule has 17 heavy (non-hydrogen) atoms. The molecule has 0 saturated carbocycles. The summed E-state index contributed by atoms with van der Waals surface area (Å²) in [5.74, 6) is 0. The monoisotopic (exact) mass is 260 g/mol. The van der Waals surface area contributed by atoms with E-state index in [2.05, 4.69) is 27.7 Å². The molecule has 0 heterocycles. The lowest BCUT2D eigenvalue weighted by atomic mass is 10.2. The SMILES string of the molecule is S=C=Nc1ccc(Nc2ccc(Cl)cc2)cc1. The summed E-state index contributed by atoms with van der Waals surface area (Å²) in [7, 11) is 0. The number of isothiocyanates is 1. The number of rotatable bonds is 3. The molecule has 2 aromatic rings. The van der Waals surface area contributed by atoms with Crippen LogP contribution in [-0.4, -0.2) is 5.16 Å². The number of nitrogens with one attached hydrogen (secondary N) is 1. The normalized spacial score (nSPS) is 9.47. The van der Waals surface area contributed by atoms with Crippen molar-refractivity contribution in [2.75, 3.05) is 5.32 Å². The molecule has 0 fully saturated rings. The second kappa shape index (κ2) is 5.60. The van der Waals surface area contributed by atoms with E-state index >= 15 is 0 Å². The maximum atomic E-state index is 5.81. The van der Waals surface area contributed by atoms with Crippen molar-refractivity contribution in [1.29, 1.82) is 0 Å². The molecule has 2 nitrogen and oxygen atoms in total. The van der Waals surface area contributed by atoms with E-state index < -0.39 is 0 Å². The van der Waals surface area contributed by atoms with Crippen molar-refractivity contribution in [2.45, 2.75) is 0 Å². The first-order valence-corrected chi connectivity index (χ1v) is 5.77. The Kier molecular flexibility index (Phi) is 3.89. The third kappa shape index (κ3) is 3.40. The van der Waals surface area contributed by atoms with Crippen LogP contribution in [0.2, 0.25) is 5.02 Å². The van der Waals surface area contributed by atoms with Crippen LogP contribution in [0.4, 0.5) is 17.1 Å². The quantitative estimate of drug-likeness (QED) is 0.632. The molecule has 4 heteroatoms. The first-order valence-electron chi connectivity index (χ1n) is 4.98. The third-order valence-electron chi connectivity index (χ3n) is 2.17. The first-order chi connectivity index (χ1) is 8.28. The zero-order chi connectivity index (χ0) is 12.1. The van der Waals surface area contributed by atoms with Gasteiger partial charge in [-0.05, 0) is 60.7 Å². The van der Waals surface area contributed by atoms with Crippen LogP contribution in [0.3, 0.4) is 0 Å². The Bertz CT molecular complexity index is 543. The van der Waals surface area contributed by atoms with Gasteiger partial charge in [0.2, 0.25) is 0 Å². The smallest absolute Gasteiger partial charge is 0.0741 e. The summed E-state index contributed by atoms with van der Waals surface area (Å²) in [5.41, 5.74) is 2.76. The lowest BCUT2D eigenvalue weighted by molar-refractivity contribution is 1.51. The molecule has 0 unspecified atom stereocenters. The van der Waals surface area contributed by atoms with Gasteiger partial charge >= 0.3 is 0 Å². The van der Waals surface area contributed by atoms with Crippen LogP contribution >= 0.6 is 23.8 Å². The standard InChI is InChI=1S/C13H9ClN2S/c14-10-1-3-12(4-2-10)16-13-7-5-11(6-8-13)15-9-17/h1-8,16H. The summed E-state index contributed by atoms with van der Waals surface area (Å²) < 4.78 is 0. The summed E-state index contributed by atoms with van der Waals surface area (Å²) in [6, 6.07) is 15.1. The number of nitrogens with zero attached hydrogens (tertiary/aromatic N) is 1. The van der Waals surface area contributed by atoms with Crippen LogP contribution in [0.5, 0.6) is 0 Å². The highest BCUT2D eigenvalue weighted by Crippen LogP contribution is 2.21. The molecule has 0 radical (unpaired) electrons. The van der Waals surface area contributed by atoms with E-state index in [9.17, 15) is 0 Å². The van der Waals surface area contributed by atoms with E-state index in [0.29, 0.717) is 0 Å². The van der Waals surface area contributed by atoms with Crippen LogP contribution in [0.15, 0.2) is 53.5 Å². The predicted octanol–water partition coefficient (Wildman–Crippen LogP) is 4.82. The Morgan fingerprint density at radius 2 is 1.47 bits per heavy atom. The van der Waals surface area contributed by atoms with Gasteiger partial charge < -0.3 is 5.32 Å². The maximum absolute atomic E-state index is 5.81. The predicted molar refractivity (Wildman–Crippen MR) is 75.9 cm³/mol. The van der Waals surface area contributed by atoms with Gasteiger partial charge in [-0.25, -0.2) is 0 Å². The molecule has 0 aliphatic rings. The van der Waals surface area contributed by atoms with E-state index in [0.717, 1.165) is 22.1 Å². The van der Waals surface area contributed by atoms with Gasteiger partial charge in [-0.15, -0.1) is 0 Å². The molecule has 2 rings (SSSR count). The third-order valence-corrected chi connectivity index (χ3v) is 2.52. The van der Waals surface area contributed by atoms with Crippen LogP contribution in [0, 0.1) is 0 Å². The topological polar surface area (TPSA) is 24.4 Å². The molecule has 0 atom stereocenters. The van der Waals surface area contributed by atoms with E-state index in [-0.39, 0.29) is 0 Å². The van der Waals surface area contributed by atoms with Crippen LogP contribution in [0.25, 0.3) is 0 Å². The second-order valence-electron chi connectivity index (χ2n) is 3.38. The number of hydrogen-bond donors (Lipinski definition) is 1. The minimum absolute atomic E-state index is 0.723. The van der Waals surface area contributed by atoms with E-state index in [1.807, 2.05) is 48.5 Å². The van der Waals surface area contributed by atoms with Gasteiger partial charge in [0.05, 0.1) is 10.8 Å². The highest BCUT2D eigenvalue weighted by Gasteiger charge is 1.95. The molecule has 2 aromatic carbocycles. The number of hydrogen-bond acceptors (Lipinski definition) is 3. The molecule has 0 bridgehead atoms. The summed E-state index contributed by atoms with van der Waals surface area (Å²) in [4.78, 5) is 3.89. The zero-order valence-electron chi connectivity index (χ0n) is 8.85. The number of halogens is 1. The molecule has 0 spiro atoms. The number of thiocarbonyl (C=S) groups is 1. The van der Waals surface area contributed by atoms with Crippen molar-refractivity contribution in [1.82, 2.24) is 0 Å². The summed E-state index contributed by atoms with van der Waals surface area (Å²) >= 11 is 10.4. The molecule has 0 aromatic heterocycles. The van der Waals surface area contributed by atoms with E-state index in [4.69, 9.17) is 11.6 Å². The number of aliphatic imine (C=N–C) groups is 1. The van der Waals surface area contributed by atoms with Crippen molar-refractivity contribution in [3.05, 3.63) is 53.6 Å².